The maximum Gasteiger partial charge on any atom is 0.320 e. The smallest absolute Gasteiger partial charge is 0.320 e. The van der Waals surface area contributed by atoms with Crippen LogP contribution < -0.4 is 5.32 Å². The van der Waals surface area contributed by atoms with Crippen LogP contribution in [0.2, 0.25) is 0 Å². The Morgan fingerprint density at radius 1 is 1.41 bits per heavy atom. The van der Waals surface area contributed by atoms with E-state index in [1.54, 1.807) is 0 Å². The number of carboxylic acid groups (broad SMARTS) is 1. The molecule has 0 amide bonds. The first kappa shape index (κ1) is 13.7. The molecule has 1 fully saturated rings. The zero-order valence-electron chi connectivity index (χ0n) is 10.0. The fraction of sp³-hybridized carbons (Fsp3) is 0.462. The van der Waals surface area contributed by atoms with E-state index in [0.29, 0.717) is 0 Å². The number of carbonyl (C=O) groups is 1. The van der Waals surface area contributed by atoms with Crippen LogP contribution in [0.1, 0.15) is 24.0 Å². The monoisotopic (exact) mass is 237 g/mol. The first-order valence-corrected chi connectivity index (χ1v) is 5.76. The predicted octanol–water partition coefficient (Wildman–Crippen LogP) is 1.31. The third-order valence-electron chi connectivity index (χ3n) is 2.66. The van der Waals surface area contributed by atoms with E-state index in [-0.39, 0.29) is 12.6 Å². The molecule has 0 aliphatic carbocycles. The molecule has 0 spiro atoms. The third kappa shape index (κ3) is 4.97. The molecule has 4 nitrogen and oxygen atoms in total. The van der Waals surface area contributed by atoms with Gasteiger partial charge in [0.1, 0.15) is 6.04 Å². The molecule has 1 unspecified atom stereocenters. The highest BCUT2D eigenvalue weighted by Gasteiger charge is 2.20. The number of carboxylic acids is 1. The molecule has 0 saturated carbocycles. The van der Waals surface area contributed by atoms with Crippen molar-refractivity contribution >= 4 is 5.97 Å². The molecule has 4 heteroatoms. The van der Waals surface area contributed by atoms with Crippen LogP contribution in [-0.4, -0.2) is 28.8 Å². The maximum atomic E-state index is 10.1. The molecule has 94 valence electrons. The second-order valence-electron chi connectivity index (χ2n) is 4.13. The summed E-state index contributed by atoms with van der Waals surface area (Å²) in [5.41, 5.74) is 2.20. The van der Waals surface area contributed by atoms with Gasteiger partial charge >= 0.3 is 5.97 Å². The van der Waals surface area contributed by atoms with Crippen molar-refractivity contribution in [3.05, 3.63) is 35.4 Å². The van der Waals surface area contributed by atoms with E-state index < -0.39 is 5.97 Å². The average molecular weight is 237 g/mol. The maximum absolute atomic E-state index is 10.1. The molecule has 1 aliphatic rings. The molecule has 0 aromatic heterocycles. The number of hydrogen-bond acceptors (Lipinski definition) is 3. The summed E-state index contributed by atoms with van der Waals surface area (Å²) >= 11 is 0. The van der Waals surface area contributed by atoms with Gasteiger partial charge in [0.2, 0.25) is 0 Å². The van der Waals surface area contributed by atoms with Crippen molar-refractivity contribution in [3.63, 3.8) is 0 Å². The van der Waals surface area contributed by atoms with Crippen LogP contribution >= 0.6 is 0 Å². The molecule has 0 radical (unpaired) electrons. The molecule has 3 N–H and O–H groups in total. The van der Waals surface area contributed by atoms with Crippen LogP contribution in [0.4, 0.5) is 0 Å². The molecule has 2 rings (SSSR count). The van der Waals surface area contributed by atoms with Gasteiger partial charge in [-0.15, -0.1) is 0 Å². The number of rotatable bonds is 2. The van der Waals surface area contributed by atoms with Gasteiger partial charge in [-0.05, 0) is 31.9 Å². The van der Waals surface area contributed by atoms with Crippen molar-refractivity contribution in [2.45, 2.75) is 32.4 Å². The quantitative estimate of drug-likeness (QED) is 0.725. The molecule has 1 aromatic carbocycles. The van der Waals surface area contributed by atoms with Gasteiger partial charge in [0.25, 0.3) is 0 Å². The van der Waals surface area contributed by atoms with Gasteiger partial charge < -0.3 is 15.5 Å². The zero-order chi connectivity index (χ0) is 12.7. The number of aryl methyl sites for hydroxylation is 1. The van der Waals surface area contributed by atoms with Crippen LogP contribution in [0, 0.1) is 6.92 Å². The van der Waals surface area contributed by atoms with Crippen molar-refractivity contribution in [1.29, 1.82) is 0 Å². The lowest BCUT2D eigenvalue weighted by Crippen LogP contribution is -2.29. The highest BCUT2D eigenvalue weighted by molar-refractivity contribution is 5.73. The average Bonchev–Trinajstić information content (AvgIpc) is 2.84. The second kappa shape index (κ2) is 7.04. The van der Waals surface area contributed by atoms with E-state index in [0.717, 1.165) is 24.9 Å². The Morgan fingerprint density at radius 3 is 2.41 bits per heavy atom. The predicted molar refractivity (Wildman–Crippen MR) is 65.8 cm³/mol. The summed E-state index contributed by atoms with van der Waals surface area (Å²) in [6, 6.07) is 7.57. The number of nitrogens with one attached hydrogen (secondary N) is 1. The summed E-state index contributed by atoms with van der Waals surface area (Å²) < 4.78 is 0. The lowest BCUT2D eigenvalue weighted by atomic mass is 10.2. The van der Waals surface area contributed by atoms with Crippen LogP contribution in [0.5, 0.6) is 0 Å². The molecular formula is C13H19NO3. The first-order valence-electron chi connectivity index (χ1n) is 5.76. The van der Waals surface area contributed by atoms with E-state index in [9.17, 15) is 4.79 Å². The Morgan fingerprint density at radius 2 is 2.06 bits per heavy atom. The number of benzene rings is 1. The second-order valence-corrected chi connectivity index (χ2v) is 4.13. The summed E-state index contributed by atoms with van der Waals surface area (Å²) in [5, 5.41) is 19.8. The largest absolute Gasteiger partial charge is 0.480 e. The van der Waals surface area contributed by atoms with E-state index in [1.807, 2.05) is 31.2 Å². The first-order chi connectivity index (χ1) is 8.13. The molecule has 1 atom stereocenters. The Balaban J connectivity index is 0.000000171. The van der Waals surface area contributed by atoms with Crippen molar-refractivity contribution in [2.24, 2.45) is 0 Å². The van der Waals surface area contributed by atoms with Gasteiger partial charge in [0.05, 0.1) is 6.61 Å². The topological polar surface area (TPSA) is 69.6 Å². The van der Waals surface area contributed by atoms with Crippen LogP contribution in [-0.2, 0) is 11.4 Å². The molecule has 1 aliphatic heterocycles. The van der Waals surface area contributed by atoms with E-state index >= 15 is 0 Å². The molecular weight excluding hydrogens is 218 g/mol. The summed E-state index contributed by atoms with van der Waals surface area (Å²) in [5.74, 6) is -0.720. The minimum atomic E-state index is -0.720. The SMILES string of the molecule is Cc1ccc(CO)cc1.O=C(O)C1CCCN1. The Labute approximate surface area is 101 Å². The molecule has 17 heavy (non-hydrogen) atoms. The molecule has 1 saturated heterocycles. The van der Waals surface area contributed by atoms with Gasteiger partial charge in [0, 0.05) is 0 Å². The summed E-state index contributed by atoms with van der Waals surface area (Å²) in [4.78, 5) is 10.1. The summed E-state index contributed by atoms with van der Waals surface area (Å²) in [7, 11) is 0. The van der Waals surface area contributed by atoms with Crippen LogP contribution in [0.3, 0.4) is 0 Å². The van der Waals surface area contributed by atoms with Gasteiger partial charge in [-0.1, -0.05) is 29.8 Å². The van der Waals surface area contributed by atoms with Crippen LogP contribution in [0.25, 0.3) is 0 Å². The highest BCUT2D eigenvalue weighted by atomic mass is 16.4. The number of aliphatic hydroxyl groups is 1. The standard InChI is InChI=1S/C8H10O.C5H9NO2/c1-7-2-4-8(6-9)5-3-7;7-5(8)4-2-1-3-6-4/h2-5,9H,6H2,1H3;4,6H,1-3H2,(H,7,8). The lowest BCUT2D eigenvalue weighted by Gasteiger charge is -1.99. The zero-order valence-corrected chi connectivity index (χ0v) is 10.0. The van der Waals surface area contributed by atoms with Gasteiger partial charge in [-0.25, -0.2) is 0 Å². The normalized spacial score (nSPS) is 18.4. The van der Waals surface area contributed by atoms with E-state index in [2.05, 4.69) is 5.32 Å². The van der Waals surface area contributed by atoms with Crippen molar-refractivity contribution in [3.8, 4) is 0 Å². The Bertz CT molecular complexity index is 342. The van der Waals surface area contributed by atoms with Gasteiger partial charge in [0.15, 0.2) is 0 Å². The van der Waals surface area contributed by atoms with Crippen LogP contribution in [0.15, 0.2) is 24.3 Å². The Hall–Kier alpha value is -1.39. The summed E-state index contributed by atoms with van der Waals surface area (Å²) in [6.07, 6.45) is 1.78. The van der Waals surface area contributed by atoms with E-state index in [1.165, 1.54) is 5.56 Å². The minimum absolute atomic E-state index is 0.139. The van der Waals surface area contributed by atoms with E-state index in [4.69, 9.17) is 10.2 Å². The third-order valence-corrected chi connectivity index (χ3v) is 2.66. The van der Waals surface area contributed by atoms with Crippen molar-refractivity contribution in [1.82, 2.24) is 5.32 Å². The molecule has 0 bridgehead atoms. The fourth-order valence-electron chi connectivity index (χ4n) is 1.59. The van der Waals surface area contributed by atoms with Gasteiger partial charge in [-0.3, -0.25) is 4.79 Å². The number of aliphatic carboxylic acids is 1. The lowest BCUT2D eigenvalue weighted by molar-refractivity contribution is -0.139. The summed E-state index contributed by atoms with van der Waals surface area (Å²) in [6.45, 7) is 3.03. The number of aliphatic hydroxyl groups excluding tert-OH is 1. The Kier molecular flexibility index (Phi) is 5.66. The van der Waals surface area contributed by atoms with Crippen molar-refractivity contribution < 1.29 is 15.0 Å². The highest BCUT2D eigenvalue weighted by Crippen LogP contribution is 2.03. The molecule has 1 aromatic rings. The minimum Gasteiger partial charge on any atom is -0.480 e. The van der Waals surface area contributed by atoms with Gasteiger partial charge in [-0.2, -0.15) is 0 Å². The van der Waals surface area contributed by atoms with Crippen molar-refractivity contribution in [2.75, 3.05) is 6.54 Å². The molecule has 1 heterocycles. The fourth-order valence-corrected chi connectivity index (χ4v) is 1.59. The number of hydrogen-bond donors (Lipinski definition) is 3.